The fourth-order valence-electron chi connectivity index (χ4n) is 1.97. The monoisotopic (exact) mass is 366 g/mol. The average Bonchev–Trinajstić information content (AvgIpc) is 3.00. The van der Waals surface area contributed by atoms with Gasteiger partial charge in [-0.1, -0.05) is 12.1 Å². The minimum Gasteiger partial charge on any atom is -0.375 e. The molecule has 9 heteroatoms. The average molecular weight is 366 g/mol. The topological polar surface area (TPSA) is 83.6 Å². The highest BCUT2D eigenvalue weighted by atomic mass is 32.1. The number of nitrogens with zero attached hydrogens (tertiary/aromatic N) is 2. The smallest absolute Gasteiger partial charge is 0.321 e. The van der Waals surface area contributed by atoms with Gasteiger partial charge in [-0.05, 0) is 17.7 Å². The second-order valence-corrected chi connectivity index (χ2v) is 6.12. The first-order valence-electron chi connectivity index (χ1n) is 7.44. The number of carbonyl (C=O) groups is 2. The highest BCUT2D eigenvalue weighted by Crippen LogP contribution is 2.16. The molecule has 0 saturated carbocycles. The summed E-state index contributed by atoms with van der Waals surface area (Å²) in [5.74, 6) is -0.505. The Hall–Kier alpha value is -2.52. The van der Waals surface area contributed by atoms with Crippen LogP contribution in [0.5, 0.6) is 0 Å². The Morgan fingerprint density at radius 1 is 1.40 bits per heavy atom. The zero-order valence-corrected chi connectivity index (χ0v) is 14.7. The molecule has 0 spiro atoms. The summed E-state index contributed by atoms with van der Waals surface area (Å²) in [5.41, 5.74) is 1.32. The standard InChI is InChI=1S/C16H19FN4O3S/c1-21(14(22)9-24-2)8-13-10-25-16(19-13)20-15(23)18-7-11-4-3-5-12(17)6-11/h3-6,10H,7-9H2,1-2H3,(H2,18,19,20,23). The molecule has 2 rings (SSSR count). The quantitative estimate of drug-likeness (QED) is 0.787. The first-order chi connectivity index (χ1) is 12.0. The Morgan fingerprint density at radius 3 is 2.92 bits per heavy atom. The van der Waals surface area contributed by atoms with Crippen molar-refractivity contribution < 1.29 is 18.7 Å². The Balaban J connectivity index is 1.81. The first kappa shape index (κ1) is 18.8. The molecular weight excluding hydrogens is 347 g/mol. The van der Waals surface area contributed by atoms with Crippen molar-refractivity contribution in [3.63, 3.8) is 0 Å². The van der Waals surface area contributed by atoms with E-state index in [1.165, 1.54) is 35.5 Å². The lowest BCUT2D eigenvalue weighted by molar-refractivity contribution is -0.134. The van der Waals surface area contributed by atoms with E-state index in [0.717, 1.165) is 0 Å². The maximum atomic E-state index is 13.1. The molecule has 7 nitrogen and oxygen atoms in total. The van der Waals surface area contributed by atoms with Crippen LogP contribution in [0.3, 0.4) is 0 Å². The molecular formula is C16H19FN4O3S. The lowest BCUT2D eigenvalue weighted by atomic mass is 10.2. The van der Waals surface area contributed by atoms with Crippen LogP contribution in [0.2, 0.25) is 0 Å². The molecule has 0 bridgehead atoms. The Bertz CT molecular complexity index is 738. The molecule has 25 heavy (non-hydrogen) atoms. The Labute approximate surface area is 148 Å². The van der Waals surface area contributed by atoms with E-state index >= 15 is 0 Å². The number of aromatic nitrogens is 1. The van der Waals surface area contributed by atoms with E-state index in [4.69, 9.17) is 4.74 Å². The molecule has 1 aromatic carbocycles. The predicted octanol–water partition coefficient (Wildman–Crippen LogP) is 2.21. The summed E-state index contributed by atoms with van der Waals surface area (Å²) in [7, 11) is 3.11. The first-order valence-corrected chi connectivity index (χ1v) is 8.32. The summed E-state index contributed by atoms with van der Waals surface area (Å²) in [6, 6.07) is 5.56. The van der Waals surface area contributed by atoms with E-state index in [1.54, 1.807) is 24.6 Å². The van der Waals surface area contributed by atoms with Crippen molar-refractivity contribution in [1.29, 1.82) is 0 Å². The molecule has 1 heterocycles. The number of anilines is 1. The van der Waals surface area contributed by atoms with Crippen LogP contribution in [-0.2, 0) is 22.6 Å². The van der Waals surface area contributed by atoms with Gasteiger partial charge in [0, 0.05) is 26.1 Å². The van der Waals surface area contributed by atoms with Gasteiger partial charge in [-0.15, -0.1) is 11.3 Å². The van der Waals surface area contributed by atoms with Crippen molar-refractivity contribution >= 4 is 28.4 Å². The second-order valence-electron chi connectivity index (χ2n) is 5.26. The van der Waals surface area contributed by atoms with Crippen molar-refractivity contribution in [1.82, 2.24) is 15.2 Å². The van der Waals surface area contributed by atoms with E-state index < -0.39 is 6.03 Å². The van der Waals surface area contributed by atoms with Crippen molar-refractivity contribution in [2.45, 2.75) is 13.1 Å². The van der Waals surface area contributed by atoms with E-state index in [-0.39, 0.29) is 24.9 Å². The molecule has 0 aliphatic rings. The molecule has 0 fully saturated rings. The molecule has 134 valence electrons. The van der Waals surface area contributed by atoms with Crippen molar-refractivity contribution in [3.8, 4) is 0 Å². The van der Waals surface area contributed by atoms with Crippen molar-refractivity contribution in [3.05, 3.63) is 46.7 Å². The lowest BCUT2D eigenvalue weighted by Crippen LogP contribution is -2.29. The maximum absolute atomic E-state index is 13.1. The molecule has 1 aromatic heterocycles. The van der Waals surface area contributed by atoms with Crippen LogP contribution in [0.1, 0.15) is 11.3 Å². The van der Waals surface area contributed by atoms with Crippen LogP contribution in [0.4, 0.5) is 14.3 Å². The third kappa shape index (κ3) is 6.12. The molecule has 0 aliphatic heterocycles. The molecule has 0 aliphatic carbocycles. The highest BCUT2D eigenvalue weighted by Gasteiger charge is 2.12. The minimum atomic E-state index is -0.436. The SMILES string of the molecule is COCC(=O)N(C)Cc1csc(NC(=O)NCc2cccc(F)c2)n1. The third-order valence-electron chi connectivity index (χ3n) is 3.21. The normalized spacial score (nSPS) is 10.4. The number of rotatable bonds is 7. The van der Waals surface area contributed by atoms with Gasteiger partial charge in [-0.25, -0.2) is 14.2 Å². The molecule has 0 saturated heterocycles. The number of thiazole rings is 1. The lowest BCUT2D eigenvalue weighted by Gasteiger charge is -2.14. The van der Waals surface area contributed by atoms with Crippen LogP contribution in [0.15, 0.2) is 29.6 Å². The van der Waals surface area contributed by atoms with Crippen molar-refractivity contribution in [2.75, 3.05) is 26.1 Å². The molecule has 2 aromatic rings. The van der Waals surface area contributed by atoms with Gasteiger partial charge in [0.25, 0.3) is 0 Å². The number of carbonyl (C=O) groups excluding carboxylic acids is 2. The van der Waals surface area contributed by atoms with E-state index in [9.17, 15) is 14.0 Å². The minimum absolute atomic E-state index is 0.00817. The van der Waals surface area contributed by atoms with E-state index in [0.29, 0.717) is 22.9 Å². The highest BCUT2D eigenvalue weighted by molar-refractivity contribution is 7.13. The van der Waals surface area contributed by atoms with Crippen LogP contribution in [0, 0.1) is 5.82 Å². The number of ether oxygens (including phenoxy) is 1. The van der Waals surface area contributed by atoms with Gasteiger partial charge in [0.05, 0.1) is 12.2 Å². The number of nitrogens with one attached hydrogen (secondary N) is 2. The number of halogens is 1. The van der Waals surface area contributed by atoms with E-state index in [1.807, 2.05) is 0 Å². The predicted molar refractivity (Wildman–Crippen MR) is 92.7 cm³/mol. The molecule has 0 atom stereocenters. The van der Waals surface area contributed by atoms with Crippen LogP contribution < -0.4 is 10.6 Å². The summed E-state index contributed by atoms with van der Waals surface area (Å²) in [6.07, 6.45) is 0. The molecule has 3 amide bonds. The fraction of sp³-hybridized carbons (Fsp3) is 0.312. The zero-order valence-electron chi connectivity index (χ0n) is 13.9. The summed E-state index contributed by atoms with van der Waals surface area (Å²) in [5, 5.41) is 7.42. The van der Waals surface area contributed by atoms with Gasteiger partial charge >= 0.3 is 6.03 Å². The van der Waals surface area contributed by atoms with E-state index in [2.05, 4.69) is 15.6 Å². The number of methoxy groups -OCH3 is 1. The number of amides is 3. The molecule has 0 unspecified atom stereocenters. The number of hydrogen-bond acceptors (Lipinski definition) is 5. The maximum Gasteiger partial charge on any atom is 0.321 e. The van der Waals surface area contributed by atoms with Crippen molar-refractivity contribution in [2.24, 2.45) is 0 Å². The summed E-state index contributed by atoms with van der Waals surface area (Å²) in [6.45, 7) is 0.537. The van der Waals surface area contributed by atoms with Crippen LogP contribution in [0.25, 0.3) is 0 Å². The second kappa shape index (κ2) is 9.09. The van der Waals surface area contributed by atoms with Crippen LogP contribution >= 0.6 is 11.3 Å². The summed E-state index contributed by atoms with van der Waals surface area (Å²) in [4.78, 5) is 29.3. The fourth-order valence-corrected chi connectivity index (χ4v) is 2.67. The van der Waals surface area contributed by atoms with Gasteiger partial charge in [-0.3, -0.25) is 10.1 Å². The van der Waals surface area contributed by atoms with Gasteiger partial charge in [-0.2, -0.15) is 0 Å². The molecule has 0 radical (unpaired) electrons. The Kier molecular flexibility index (Phi) is 6.84. The largest absolute Gasteiger partial charge is 0.375 e. The zero-order chi connectivity index (χ0) is 18.2. The number of likely N-dealkylation sites (N-methyl/N-ethyl adjacent to an activating group) is 1. The number of benzene rings is 1. The van der Waals surface area contributed by atoms with Crippen LogP contribution in [-0.4, -0.2) is 42.6 Å². The number of hydrogen-bond donors (Lipinski definition) is 2. The van der Waals surface area contributed by atoms with Gasteiger partial charge < -0.3 is 15.0 Å². The third-order valence-corrected chi connectivity index (χ3v) is 4.01. The van der Waals surface area contributed by atoms with Gasteiger partial charge in [0.15, 0.2) is 5.13 Å². The Morgan fingerprint density at radius 2 is 2.20 bits per heavy atom. The van der Waals surface area contributed by atoms with Gasteiger partial charge in [0.1, 0.15) is 12.4 Å². The van der Waals surface area contributed by atoms with Gasteiger partial charge in [0.2, 0.25) is 5.91 Å². The molecule has 2 N–H and O–H groups in total. The summed E-state index contributed by atoms with van der Waals surface area (Å²) < 4.78 is 17.9. The summed E-state index contributed by atoms with van der Waals surface area (Å²) >= 11 is 1.26. The number of urea groups is 1.